The maximum absolute atomic E-state index is 12.1. The van der Waals surface area contributed by atoms with Gasteiger partial charge in [0, 0.05) is 13.2 Å². The van der Waals surface area contributed by atoms with Gasteiger partial charge in [-0.25, -0.2) is 4.79 Å². The van der Waals surface area contributed by atoms with Crippen LogP contribution in [0.2, 0.25) is 0 Å². The average Bonchev–Trinajstić information content (AvgIpc) is 2.58. The predicted molar refractivity (Wildman–Crippen MR) is 87.8 cm³/mol. The fourth-order valence-corrected chi connectivity index (χ4v) is 2.21. The number of nitrogens with one attached hydrogen (secondary N) is 2. The summed E-state index contributed by atoms with van der Waals surface area (Å²) in [7, 11) is 0. The lowest BCUT2D eigenvalue weighted by atomic mass is 9.99. The van der Waals surface area contributed by atoms with Crippen LogP contribution in [0.1, 0.15) is 24.1 Å². The van der Waals surface area contributed by atoms with E-state index in [9.17, 15) is 4.79 Å². The molecule has 2 aromatic rings. The van der Waals surface area contributed by atoms with Crippen LogP contribution in [0.3, 0.4) is 0 Å². The number of hydrogen-bond donors (Lipinski definition) is 2. The Labute approximate surface area is 131 Å². The molecule has 0 aliphatic heterocycles. The minimum absolute atomic E-state index is 0.172. The highest BCUT2D eigenvalue weighted by Crippen LogP contribution is 2.21. The average molecular weight is 298 g/mol. The van der Waals surface area contributed by atoms with Crippen molar-refractivity contribution in [3.05, 3.63) is 71.8 Å². The van der Waals surface area contributed by atoms with Gasteiger partial charge in [0.25, 0.3) is 0 Å². The van der Waals surface area contributed by atoms with Gasteiger partial charge in [-0.3, -0.25) is 0 Å². The van der Waals surface area contributed by atoms with Crippen LogP contribution in [-0.2, 0) is 4.74 Å². The Morgan fingerprint density at radius 3 is 2.05 bits per heavy atom. The number of ether oxygens (including phenoxy) is 1. The zero-order valence-electron chi connectivity index (χ0n) is 12.8. The van der Waals surface area contributed by atoms with E-state index in [4.69, 9.17) is 4.74 Å². The molecule has 0 heterocycles. The van der Waals surface area contributed by atoms with Gasteiger partial charge in [0.2, 0.25) is 0 Å². The van der Waals surface area contributed by atoms with E-state index < -0.39 is 0 Å². The molecule has 2 rings (SSSR count). The lowest BCUT2D eigenvalue weighted by Crippen LogP contribution is -2.39. The molecule has 0 bridgehead atoms. The highest BCUT2D eigenvalue weighted by atomic mass is 16.5. The summed E-state index contributed by atoms with van der Waals surface area (Å²) in [5, 5.41) is 5.83. The molecule has 0 aliphatic rings. The number of amides is 2. The van der Waals surface area contributed by atoms with E-state index in [1.54, 1.807) is 0 Å². The highest BCUT2D eigenvalue weighted by Gasteiger charge is 2.15. The van der Waals surface area contributed by atoms with E-state index in [0.29, 0.717) is 19.8 Å². The molecule has 0 unspecified atom stereocenters. The van der Waals surface area contributed by atoms with Crippen molar-refractivity contribution in [2.24, 2.45) is 0 Å². The Kier molecular flexibility index (Phi) is 6.45. The first kappa shape index (κ1) is 16.0. The predicted octanol–water partition coefficient (Wildman–Crippen LogP) is 3.11. The van der Waals surface area contributed by atoms with Crippen molar-refractivity contribution in [1.82, 2.24) is 10.6 Å². The van der Waals surface area contributed by atoms with E-state index in [-0.39, 0.29) is 12.1 Å². The van der Waals surface area contributed by atoms with Crippen LogP contribution >= 0.6 is 0 Å². The van der Waals surface area contributed by atoms with Crippen LogP contribution in [0.15, 0.2) is 60.7 Å². The molecule has 22 heavy (non-hydrogen) atoms. The third kappa shape index (κ3) is 4.90. The molecule has 0 aliphatic carbocycles. The van der Waals surface area contributed by atoms with E-state index in [1.165, 1.54) is 0 Å². The Hall–Kier alpha value is -2.33. The van der Waals surface area contributed by atoms with Crippen LogP contribution < -0.4 is 10.6 Å². The van der Waals surface area contributed by atoms with Gasteiger partial charge in [-0.15, -0.1) is 0 Å². The molecular weight excluding hydrogens is 276 g/mol. The monoisotopic (exact) mass is 298 g/mol. The normalized spacial score (nSPS) is 10.5. The van der Waals surface area contributed by atoms with Crippen LogP contribution in [0.4, 0.5) is 4.79 Å². The second-order valence-corrected chi connectivity index (χ2v) is 4.85. The molecule has 116 valence electrons. The van der Waals surface area contributed by atoms with Gasteiger partial charge in [-0.2, -0.15) is 0 Å². The lowest BCUT2D eigenvalue weighted by molar-refractivity contribution is 0.149. The summed E-state index contributed by atoms with van der Waals surface area (Å²) in [6, 6.07) is 19.5. The Morgan fingerprint density at radius 1 is 1.00 bits per heavy atom. The minimum Gasteiger partial charge on any atom is -0.380 e. The van der Waals surface area contributed by atoms with Crippen molar-refractivity contribution in [2.75, 3.05) is 19.8 Å². The third-order valence-corrected chi connectivity index (χ3v) is 3.28. The van der Waals surface area contributed by atoms with Crippen LogP contribution in [0.25, 0.3) is 0 Å². The van der Waals surface area contributed by atoms with Crippen molar-refractivity contribution in [3.8, 4) is 0 Å². The molecule has 4 heteroatoms. The van der Waals surface area contributed by atoms with Gasteiger partial charge in [0.05, 0.1) is 12.6 Å². The molecule has 0 atom stereocenters. The van der Waals surface area contributed by atoms with Gasteiger partial charge in [-0.05, 0) is 18.1 Å². The molecule has 0 saturated heterocycles. The SMILES string of the molecule is CCOCCNC(=O)NC(c1ccccc1)c1ccccc1. The summed E-state index contributed by atoms with van der Waals surface area (Å²) in [4.78, 5) is 12.1. The second kappa shape index (κ2) is 8.85. The topological polar surface area (TPSA) is 50.4 Å². The molecular formula is C18H22N2O2. The molecule has 0 spiro atoms. The molecule has 4 nitrogen and oxygen atoms in total. The Morgan fingerprint density at radius 2 is 1.55 bits per heavy atom. The van der Waals surface area contributed by atoms with Gasteiger partial charge in [-0.1, -0.05) is 60.7 Å². The number of carbonyl (C=O) groups excluding carboxylic acids is 1. The van der Waals surface area contributed by atoms with Gasteiger partial charge in [0.1, 0.15) is 0 Å². The standard InChI is InChI=1S/C18H22N2O2/c1-2-22-14-13-19-18(21)20-17(15-9-5-3-6-10-15)16-11-7-4-8-12-16/h3-12,17H,2,13-14H2,1H3,(H2,19,20,21). The van der Waals surface area contributed by atoms with Gasteiger partial charge in [0.15, 0.2) is 0 Å². The summed E-state index contributed by atoms with van der Waals surface area (Å²) in [5.41, 5.74) is 2.10. The van der Waals surface area contributed by atoms with Gasteiger partial charge >= 0.3 is 6.03 Å². The zero-order chi connectivity index (χ0) is 15.6. The number of urea groups is 1. The molecule has 2 aromatic carbocycles. The van der Waals surface area contributed by atoms with E-state index >= 15 is 0 Å². The van der Waals surface area contributed by atoms with E-state index in [1.807, 2.05) is 67.6 Å². The fraction of sp³-hybridized carbons (Fsp3) is 0.278. The molecule has 0 saturated carbocycles. The quantitative estimate of drug-likeness (QED) is 0.772. The Bertz CT molecular complexity index is 518. The number of benzene rings is 2. The fourth-order valence-electron chi connectivity index (χ4n) is 2.21. The summed E-state index contributed by atoms with van der Waals surface area (Å²) < 4.78 is 5.22. The van der Waals surface area contributed by atoms with E-state index in [0.717, 1.165) is 11.1 Å². The first-order valence-electron chi connectivity index (χ1n) is 7.53. The smallest absolute Gasteiger partial charge is 0.315 e. The van der Waals surface area contributed by atoms with Crippen LogP contribution in [-0.4, -0.2) is 25.8 Å². The molecule has 0 aromatic heterocycles. The van der Waals surface area contributed by atoms with Crippen molar-refractivity contribution >= 4 is 6.03 Å². The van der Waals surface area contributed by atoms with Crippen LogP contribution in [0, 0.1) is 0 Å². The van der Waals surface area contributed by atoms with Crippen molar-refractivity contribution < 1.29 is 9.53 Å². The summed E-state index contributed by atoms with van der Waals surface area (Å²) in [6.07, 6.45) is 0. The maximum atomic E-state index is 12.1. The largest absolute Gasteiger partial charge is 0.380 e. The molecule has 0 radical (unpaired) electrons. The Balaban J connectivity index is 2.04. The number of rotatable bonds is 7. The lowest BCUT2D eigenvalue weighted by Gasteiger charge is -2.20. The molecule has 2 amide bonds. The van der Waals surface area contributed by atoms with E-state index in [2.05, 4.69) is 10.6 Å². The van der Waals surface area contributed by atoms with Gasteiger partial charge < -0.3 is 15.4 Å². The van der Waals surface area contributed by atoms with Crippen molar-refractivity contribution in [3.63, 3.8) is 0 Å². The summed E-state index contributed by atoms with van der Waals surface area (Å²) >= 11 is 0. The maximum Gasteiger partial charge on any atom is 0.315 e. The third-order valence-electron chi connectivity index (χ3n) is 3.28. The summed E-state index contributed by atoms with van der Waals surface area (Å²) in [5.74, 6) is 0. The molecule has 2 N–H and O–H groups in total. The minimum atomic E-state index is -0.197. The number of hydrogen-bond acceptors (Lipinski definition) is 2. The van der Waals surface area contributed by atoms with Crippen LogP contribution in [0.5, 0.6) is 0 Å². The number of carbonyl (C=O) groups is 1. The summed E-state index contributed by atoms with van der Waals surface area (Å²) in [6.45, 7) is 3.60. The van der Waals surface area contributed by atoms with Crippen molar-refractivity contribution in [2.45, 2.75) is 13.0 Å². The first-order chi connectivity index (χ1) is 10.8. The highest BCUT2D eigenvalue weighted by molar-refractivity contribution is 5.75. The second-order valence-electron chi connectivity index (χ2n) is 4.85. The first-order valence-corrected chi connectivity index (χ1v) is 7.53. The van der Waals surface area contributed by atoms with Crippen molar-refractivity contribution in [1.29, 1.82) is 0 Å². The molecule has 0 fully saturated rings. The zero-order valence-corrected chi connectivity index (χ0v) is 12.8.